The maximum Gasteiger partial charge on any atom is 0.332 e. The third kappa shape index (κ3) is 2.62. The number of rotatable bonds is 4. The van der Waals surface area contributed by atoms with Crippen LogP contribution in [0, 0.1) is 12.7 Å². The number of aromatic nitrogens is 5. The van der Waals surface area contributed by atoms with E-state index in [0.717, 1.165) is 16.0 Å². The second-order valence-electron chi connectivity index (χ2n) is 7.21. The van der Waals surface area contributed by atoms with E-state index in [9.17, 15) is 14.0 Å². The lowest BCUT2D eigenvalue weighted by Gasteiger charge is -2.08. The number of aryl methyl sites for hydroxylation is 2. The molecule has 0 N–H and O–H groups in total. The van der Waals surface area contributed by atoms with Gasteiger partial charge in [-0.15, -0.1) is 0 Å². The van der Waals surface area contributed by atoms with Crippen LogP contribution in [0.5, 0.6) is 0 Å². The van der Waals surface area contributed by atoms with Crippen LogP contribution in [-0.2, 0) is 20.1 Å². The van der Waals surface area contributed by atoms with Crippen LogP contribution in [0.3, 0.4) is 0 Å². The Bertz CT molecular complexity index is 1520. The van der Waals surface area contributed by atoms with Gasteiger partial charge in [-0.1, -0.05) is 18.2 Å². The molecule has 9 heteroatoms. The van der Waals surface area contributed by atoms with Crippen molar-refractivity contribution in [2.24, 2.45) is 7.05 Å². The molecule has 4 aromatic heterocycles. The molecule has 0 radical (unpaired) electrons. The Hall–Kier alpha value is -3.88. The molecule has 30 heavy (non-hydrogen) atoms. The van der Waals surface area contributed by atoms with E-state index >= 15 is 0 Å². The molecule has 4 heterocycles. The van der Waals surface area contributed by atoms with E-state index in [1.54, 1.807) is 48.2 Å². The van der Waals surface area contributed by atoms with Gasteiger partial charge in [0.2, 0.25) is 5.78 Å². The van der Waals surface area contributed by atoms with Gasteiger partial charge in [-0.05, 0) is 25.1 Å². The zero-order valence-electron chi connectivity index (χ0n) is 16.4. The van der Waals surface area contributed by atoms with E-state index in [4.69, 9.17) is 4.42 Å². The maximum atomic E-state index is 14.1. The number of nitrogens with zero attached hydrogens (tertiary/aromatic N) is 5. The normalized spacial score (nSPS) is 11.7. The zero-order chi connectivity index (χ0) is 21.0. The highest BCUT2D eigenvalue weighted by atomic mass is 19.1. The van der Waals surface area contributed by atoms with E-state index in [1.165, 1.54) is 10.6 Å². The fourth-order valence-electron chi connectivity index (χ4n) is 3.75. The summed E-state index contributed by atoms with van der Waals surface area (Å²) in [4.78, 5) is 30.7. The van der Waals surface area contributed by atoms with Crippen LogP contribution in [0.2, 0.25) is 0 Å². The Labute approximate surface area is 169 Å². The molecule has 0 atom stereocenters. The van der Waals surface area contributed by atoms with Gasteiger partial charge in [-0.2, -0.15) is 4.98 Å². The molecular weight excluding hydrogens is 389 g/mol. The Morgan fingerprint density at radius 3 is 2.60 bits per heavy atom. The van der Waals surface area contributed by atoms with Crippen LogP contribution in [0.1, 0.15) is 17.0 Å². The van der Waals surface area contributed by atoms with Gasteiger partial charge in [-0.25, -0.2) is 9.18 Å². The molecule has 0 amide bonds. The molecule has 8 nitrogen and oxygen atoms in total. The Kier molecular flexibility index (Phi) is 3.99. The minimum absolute atomic E-state index is 0.159. The minimum atomic E-state index is -0.550. The van der Waals surface area contributed by atoms with Gasteiger partial charge in [0.25, 0.3) is 5.56 Å². The smallest absolute Gasteiger partial charge is 0.332 e. The van der Waals surface area contributed by atoms with Gasteiger partial charge < -0.3 is 8.98 Å². The van der Waals surface area contributed by atoms with Crippen molar-refractivity contribution in [1.82, 2.24) is 23.1 Å². The second-order valence-corrected chi connectivity index (χ2v) is 7.21. The first-order valence-corrected chi connectivity index (χ1v) is 9.39. The van der Waals surface area contributed by atoms with Crippen LogP contribution in [-0.4, -0.2) is 23.1 Å². The van der Waals surface area contributed by atoms with Crippen molar-refractivity contribution in [3.63, 3.8) is 0 Å². The molecule has 0 aliphatic heterocycles. The number of hydrogen-bond acceptors (Lipinski definition) is 4. The second kappa shape index (κ2) is 6.58. The molecular formula is C21H18FN5O3. The maximum absolute atomic E-state index is 14.1. The number of furan rings is 1. The molecule has 152 valence electrons. The monoisotopic (exact) mass is 407 g/mol. The van der Waals surface area contributed by atoms with Crippen molar-refractivity contribution in [2.45, 2.75) is 20.0 Å². The highest BCUT2D eigenvalue weighted by molar-refractivity contribution is 5.75. The molecule has 0 saturated carbocycles. The topological polar surface area (TPSA) is 79.4 Å². The molecule has 0 aliphatic carbocycles. The summed E-state index contributed by atoms with van der Waals surface area (Å²) in [6.07, 6.45) is 3.39. The van der Waals surface area contributed by atoms with Crippen LogP contribution in [0.25, 0.3) is 16.9 Å². The van der Waals surface area contributed by atoms with Crippen molar-refractivity contribution in [2.75, 3.05) is 0 Å². The largest absolute Gasteiger partial charge is 0.467 e. The standard InChI is InChI=1S/C21H18FN5O3/c1-13-10-26-17-18(23-20(26)25(13)12-15-7-5-9-30-15)24(2)21(29)27(19(17)28)11-14-6-3-4-8-16(14)22/h3-10H,11-12H2,1-2H3. The van der Waals surface area contributed by atoms with E-state index in [1.807, 2.05) is 17.6 Å². The lowest BCUT2D eigenvalue weighted by atomic mass is 10.2. The van der Waals surface area contributed by atoms with E-state index in [0.29, 0.717) is 12.3 Å². The molecule has 0 unspecified atom stereocenters. The molecule has 0 bridgehead atoms. The fourth-order valence-corrected chi connectivity index (χ4v) is 3.75. The summed E-state index contributed by atoms with van der Waals surface area (Å²) < 4.78 is 25.5. The molecule has 0 aliphatic rings. The lowest BCUT2D eigenvalue weighted by Crippen LogP contribution is -2.39. The minimum Gasteiger partial charge on any atom is -0.467 e. The predicted molar refractivity (Wildman–Crippen MR) is 108 cm³/mol. The van der Waals surface area contributed by atoms with Gasteiger partial charge in [0.05, 0.1) is 19.4 Å². The van der Waals surface area contributed by atoms with Crippen LogP contribution < -0.4 is 11.2 Å². The highest BCUT2D eigenvalue weighted by Crippen LogP contribution is 2.18. The number of benzene rings is 1. The van der Waals surface area contributed by atoms with Crippen molar-refractivity contribution >= 4 is 16.9 Å². The average molecular weight is 407 g/mol. The Balaban J connectivity index is 1.75. The number of fused-ring (bicyclic) bond motifs is 3. The van der Waals surface area contributed by atoms with Gasteiger partial charge in [0, 0.05) is 24.5 Å². The first kappa shape index (κ1) is 18.2. The van der Waals surface area contributed by atoms with Gasteiger partial charge in [-0.3, -0.25) is 18.3 Å². The van der Waals surface area contributed by atoms with E-state index < -0.39 is 17.1 Å². The zero-order valence-corrected chi connectivity index (χ0v) is 16.4. The SMILES string of the molecule is Cc1cn2c3c(=O)n(Cc4ccccc4F)c(=O)n(C)c3nc2n1Cc1ccco1. The molecule has 0 spiro atoms. The van der Waals surface area contributed by atoms with E-state index in [-0.39, 0.29) is 23.3 Å². The summed E-state index contributed by atoms with van der Waals surface area (Å²) in [5, 5.41) is 0. The van der Waals surface area contributed by atoms with Crippen LogP contribution >= 0.6 is 0 Å². The first-order chi connectivity index (χ1) is 14.5. The summed E-state index contributed by atoms with van der Waals surface area (Å²) in [5.74, 6) is 0.800. The number of hydrogen-bond donors (Lipinski definition) is 0. The Morgan fingerprint density at radius 2 is 1.87 bits per heavy atom. The summed E-state index contributed by atoms with van der Waals surface area (Å²) >= 11 is 0. The van der Waals surface area contributed by atoms with Gasteiger partial charge in [0.1, 0.15) is 11.6 Å². The average Bonchev–Trinajstić information content (AvgIpc) is 3.43. The lowest BCUT2D eigenvalue weighted by molar-refractivity contribution is 0.494. The highest BCUT2D eigenvalue weighted by Gasteiger charge is 2.21. The van der Waals surface area contributed by atoms with E-state index in [2.05, 4.69) is 4.98 Å². The summed E-state index contributed by atoms with van der Waals surface area (Å²) in [6, 6.07) is 9.75. The summed E-state index contributed by atoms with van der Waals surface area (Å²) in [5.41, 5.74) is 0.626. The summed E-state index contributed by atoms with van der Waals surface area (Å²) in [6.45, 7) is 2.19. The Morgan fingerprint density at radius 1 is 1.07 bits per heavy atom. The van der Waals surface area contributed by atoms with Crippen molar-refractivity contribution in [3.8, 4) is 0 Å². The molecule has 0 saturated heterocycles. The van der Waals surface area contributed by atoms with Crippen molar-refractivity contribution < 1.29 is 8.81 Å². The predicted octanol–water partition coefficient (Wildman–Crippen LogP) is 2.29. The third-order valence-electron chi connectivity index (χ3n) is 5.32. The van der Waals surface area contributed by atoms with Gasteiger partial charge >= 0.3 is 5.69 Å². The van der Waals surface area contributed by atoms with Crippen molar-refractivity contribution in [3.05, 3.63) is 92.5 Å². The quantitative estimate of drug-likeness (QED) is 0.458. The van der Waals surface area contributed by atoms with Crippen LogP contribution in [0.15, 0.2) is 62.9 Å². The number of imidazole rings is 2. The van der Waals surface area contributed by atoms with Gasteiger partial charge in [0.15, 0.2) is 11.2 Å². The first-order valence-electron chi connectivity index (χ1n) is 9.39. The summed E-state index contributed by atoms with van der Waals surface area (Å²) in [7, 11) is 1.55. The number of halogens is 1. The molecule has 5 rings (SSSR count). The molecule has 1 aromatic carbocycles. The fraction of sp³-hybridized carbons (Fsp3) is 0.190. The molecule has 5 aromatic rings. The molecule has 0 fully saturated rings. The third-order valence-corrected chi connectivity index (χ3v) is 5.32. The van der Waals surface area contributed by atoms with Crippen LogP contribution in [0.4, 0.5) is 4.39 Å². The van der Waals surface area contributed by atoms with Crippen molar-refractivity contribution in [1.29, 1.82) is 0 Å².